The van der Waals surface area contributed by atoms with Gasteiger partial charge in [-0.3, -0.25) is 4.79 Å². The fraction of sp³-hybridized carbons (Fsp3) is 0.158. The molecule has 0 aliphatic heterocycles. The molecule has 0 bridgehead atoms. The van der Waals surface area contributed by atoms with Gasteiger partial charge in [0.1, 0.15) is 12.1 Å². The molecule has 0 aliphatic carbocycles. The van der Waals surface area contributed by atoms with Gasteiger partial charge < -0.3 is 10.1 Å². The Morgan fingerprint density at radius 3 is 2.54 bits per heavy atom. The van der Waals surface area contributed by atoms with Crippen molar-refractivity contribution in [1.82, 2.24) is 30.2 Å². The van der Waals surface area contributed by atoms with Crippen LogP contribution in [0.2, 0.25) is 0 Å². The third-order valence-electron chi connectivity index (χ3n) is 4.34. The summed E-state index contributed by atoms with van der Waals surface area (Å²) in [6, 6.07) is 10.5. The van der Waals surface area contributed by atoms with Crippen LogP contribution in [0.15, 0.2) is 42.7 Å². The molecule has 0 unspecified atom stereocenters. The predicted molar refractivity (Wildman–Crippen MR) is 103 cm³/mol. The number of carbonyl (C=O) groups excluding carboxylic acids is 1. The number of anilines is 1. The highest BCUT2D eigenvalue weighted by molar-refractivity contribution is 6.06. The molecule has 0 fully saturated rings. The largest absolute Gasteiger partial charge is 0.497 e. The smallest absolute Gasteiger partial charge is 0.255 e. The average Bonchev–Trinajstić information content (AvgIpc) is 3.23. The van der Waals surface area contributed by atoms with Crippen LogP contribution in [0.5, 0.6) is 5.75 Å². The highest BCUT2D eigenvalue weighted by Gasteiger charge is 2.11. The van der Waals surface area contributed by atoms with Crippen molar-refractivity contribution in [2.24, 2.45) is 0 Å². The summed E-state index contributed by atoms with van der Waals surface area (Å²) in [7, 11) is 1.55. The quantitative estimate of drug-likeness (QED) is 0.584. The molecule has 0 aliphatic rings. The van der Waals surface area contributed by atoms with E-state index in [1.165, 1.54) is 11.0 Å². The number of hydrogen-bond donors (Lipinski definition) is 1. The molecule has 9 heteroatoms. The Morgan fingerprint density at radius 1 is 1.04 bits per heavy atom. The first kappa shape index (κ1) is 17.5. The molecular formula is C19H17N7O2. The molecule has 0 atom stereocenters. The molecular weight excluding hydrogens is 358 g/mol. The zero-order chi connectivity index (χ0) is 19.7. The summed E-state index contributed by atoms with van der Waals surface area (Å²) in [5.74, 6) is 0.302. The summed E-state index contributed by atoms with van der Waals surface area (Å²) in [6.45, 7) is 3.80. The van der Waals surface area contributed by atoms with Crippen LogP contribution in [0.4, 0.5) is 5.69 Å². The monoisotopic (exact) mass is 375 g/mol. The van der Waals surface area contributed by atoms with E-state index in [-0.39, 0.29) is 5.91 Å². The fourth-order valence-corrected chi connectivity index (χ4v) is 2.76. The lowest BCUT2D eigenvalue weighted by Crippen LogP contribution is -2.12. The number of nitrogens with one attached hydrogen (secondary N) is 1. The van der Waals surface area contributed by atoms with E-state index in [1.807, 2.05) is 13.8 Å². The van der Waals surface area contributed by atoms with E-state index in [9.17, 15) is 4.79 Å². The van der Waals surface area contributed by atoms with E-state index in [4.69, 9.17) is 4.74 Å². The number of tetrazole rings is 1. The second kappa shape index (κ2) is 7.03. The van der Waals surface area contributed by atoms with Crippen molar-refractivity contribution in [3.63, 3.8) is 0 Å². The van der Waals surface area contributed by atoms with Crippen LogP contribution in [0.1, 0.15) is 21.7 Å². The first-order valence-corrected chi connectivity index (χ1v) is 8.52. The number of aryl methyl sites for hydroxylation is 2. The fourth-order valence-electron chi connectivity index (χ4n) is 2.76. The first-order valence-electron chi connectivity index (χ1n) is 8.52. The molecule has 4 rings (SSSR count). The number of nitrogens with zero attached hydrogens (tertiary/aromatic N) is 6. The van der Waals surface area contributed by atoms with E-state index in [0.717, 1.165) is 16.9 Å². The van der Waals surface area contributed by atoms with E-state index < -0.39 is 0 Å². The third-order valence-corrected chi connectivity index (χ3v) is 4.34. The van der Waals surface area contributed by atoms with E-state index in [0.29, 0.717) is 28.2 Å². The molecule has 140 valence electrons. The number of methoxy groups -OCH3 is 1. The van der Waals surface area contributed by atoms with Gasteiger partial charge >= 0.3 is 0 Å². The van der Waals surface area contributed by atoms with Crippen molar-refractivity contribution < 1.29 is 9.53 Å². The van der Waals surface area contributed by atoms with Gasteiger partial charge in [0, 0.05) is 23.4 Å². The molecule has 0 saturated heterocycles. The Kier molecular flexibility index (Phi) is 4.40. The minimum Gasteiger partial charge on any atom is -0.497 e. The number of amides is 1. The number of ether oxygens (including phenoxy) is 1. The van der Waals surface area contributed by atoms with Crippen LogP contribution in [-0.2, 0) is 0 Å². The van der Waals surface area contributed by atoms with Crippen LogP contribution < -0.4 is 10.1 Å². The van der Waals surface area contributed by atoms with Crippen LogP contribution in [0, 0.1) is 13.8 Å². The molecule has 9 nitrogen and oxygen atoms in total. The molecule has 2 aromatic carbocycles. The molecule has 2 aromatic heterocycles. The first-order chi connectivity index (χ1) is 13.5. The minimum absolute atomic E-state index is 0.266. The normalized spacial score (nSPS) is 10.8. The standard InChI is InChI=1S/C19H17N7O2/c1-11-12(2)22-18-6-13(4-5-17(18)21-11)19(27)23-14-7-15(9-16(8-14)28-3)26-10-20-24-25-26/h4-10H,1-3H3,(H,23,27). The van der Waals surface area contributed by atoms with Crippen molar-refractivity contribution in [2.75, 3.05) is 12.4 Å². The number of fused-ring (bicyclic) bond motifs is 1. The number of aromatic nitrogens is 6. The van der Waals surface area contributed by atoms with Gasteiger partial charge in [-0.05, 0) is 48.5 Å². The lowest BCUT2D eigenvalue weighted by Gasteiger charge is -2.10. The average molecular weight is 375 g/mol. The van der Waals surface area contributed by atoms with Crippen molar-refractivity contribution in [1.29, 1.82) is 0 Å². The number of rotatable bonds is 4. The van der Waals surface area contributed by atoms with Gasteiger partial charge in [-0.1, -0.05) is 0 Å². The molecule has 2 heterocycles. The SMILES string of the molecule is COc1cc(NC(=O)c2ccc3nc(C)c(C)nc3c2)cc(-n2cnnn2)c1. The highest BCUT2D eigenvalue weighted by Crippen LogP contribution is 2.24. The van der Waals surface area contributed by atoms with Crippen molar-refractivity contribution in [3.8, 4) is 11.4 Å². The lowest BCUT2D eigenvalue weighted by atomic mass is 10.1. The molecule has 28 heavy (non-hydrogen) atoms. The van der Waals surface area contributed by atoms with Gasteiger partial charge in [-0.25, -0.2) is 14.6 Å². The van der Waals surface area contributed by atoms with Crippen molar-refractivity contribution in [2.45, 2.75) is 13.8 Å². The summed E-state index contributed by atoms with van der Waals surface area (Å²) in [4.78, 5) is 21.8. The van der Waals surface area contributed by atoms with Crippen LogP contribution in [0.25, 0.3) is 16.7 Å². The Morgan fingerprint density at radius 2 is 1.82 bits per heavy atom. The van der Waals surface area contributed by atoms with E-state index >= 15 is 0 Å². The van der Waals surface area contributed by atoms with Crippen LogP contribution in [-0.4, -0.2) is 43.2 Å². The summed E-state index contributed by atoms with van der Waals surface area (Å²) in [5, 5.41) is 14.0. The van der Waals surface area contributed by atoms with Gasteiger partial charge in [0.05, 0.1) is 35.2 Å². The zero-order valence-electron chi connectivity index (χ0n) is 15.5. The summed E-state index contributed by atoms with van der Waals surface area (Å²) < 4.78 is 6.79. The molecule has 4 aromatic rings. The summed E-state index contributed by atoms with van der Waals surface area (Å²) >= 11 is 0. The Hall–Kier alpha value is -3.88. The molecule has 1 amide bonds. The number of hydrogen-bond acceptors (Lipinski definition) is 7. The molecule has 0 saturated carbocycles. The second-order valence-electron chi connectivity index (χ2n) is 6.23. The van der Waals surface area contributed by atoms with Gasteiger partial charge in [0.25, 0.3) is 5.91 Å². The van der Waals surface area contributed by atoms with Gasteiger partial charge in [0.2, 0.25) is 0 Å². The Labute approximate surface area is 160 Å². The number of benzene rings is 2. The maximum absolute atomic E-state index is 12.8. The van der Waals surface area contributed by atoms with Gasteiger partial charge in [-0.15, -0.1) is 5.10 Å². The number of carbonyl (C=O) groups is 1. The van der Waals surface area contributed by atoms with E-state index in [2.05, 4.69) is 30.8 Å². The van der Waals surface area contributed by atoms with Crippen molar-refractivity contribution >= 4 is 22.6 Å². The maximum atomic E-state index is 12.8. The Balaban J connectivity index is 1.65. The van der Waals surface area contributed by atoms with Gasteiger partial charge in [0.15, 0.2) is 0 Å². The second-order valence-corrected chi connectivity index (χ2v) is 6.23. The molecule has 0 spiro atoms. The minimum atomic E-state index is -0.266. The van der Waals surface area contributed by atoms with Crippen LogP contribution in [0.3, 0.4) is 0 Å². The Bertz CT molecular complexity index is 1170. The summed E-state index contributed by atoms with van der Waals surface area (Å²) in [6.07, 6.45) is 1.46. The zero-order valence-corrected chi connectivity index (χ0v) is 15.5. The molecule has 0 radical (unpaired) electrons. The summed E-state index contributed by atoms with van der Waals surface area (Å²) in [5.41, 5.74) is 4.84. The molecule has 1 N–H and O–H groups in total. The van der Waals surface area contributed by atoms with E-state index in [1.54, 1.807) is 43.5 Å². The lowest BCUT2D eigenvalue weighted by molar-refractivity contribution is 0.102. The highest BCUT2D eigenvalue weighted by atomic mass is 16.5. The predicted octanol–water partition coefficient (Wildman–Crippen LogP) is 2.48. The third kappa shape index (κ3) is 3.37. The topological polar surface area (TPSA) is 108 Å². The van der Waals surface area contributed by atoms with Crippen LogP contribution >= 0.6 is 0 Å². The van der Waals surface area contributed by atoms with Gasteiger partial charge in [-0.2, -0.15) is 0 Å². The maximum Gasteiger partial charge on any atom is 0.255 e. The van der Waals surface area contributed by atoms with Crippen molar-refractivity contribution in [3.05, 3.63) is 59.7 Å².